The number of aromatic nitrogens is 1. The normalized spacial score (nSPS) is 10.5. The molecule has 3 aromatic rings. The van der Waals surface area contributed by atoms with E-state index in [4.69, 9.17) is 16.0 Å². The second kappa shape index (κ2) is 7.79. The molecule has 1 aromatic carbocycles. The van der Waals surface area contributed by atoms with E-state index in [1.165, 1.54) is 0 Å². The summed E-state index contributed by atoms with van der Waals surface area (Å²) in [5, 5.41) is 3.55. The van der Waals surface area contributed by atoms with Crippen LogP contribution in [0, 0.1) is 0 Å². The zero-order valence-electron chi connectivity index (χ0n) is 13.0. The van der Waals surface area contributed by atoms with Gasteiger partial charge in [0.25, 0.3) is 0 Å². The van der Waals surface area contributed by atoms with Crippen LogP contribution in [0.25, 0.3) is 11.3 Å². The molecule has 0 saturated heterocycles. The number of carbonyl (C=O) groups is 1. The number of furan rings is 1. The highest BCUT2D eigenvalue weighted by Gasteiger charge is 2.08. The maximum atomic E-state index is 11.9. The third-order valence-corrected chi connectivity index (χ3v) is 3.83. The van der Waals surface area contributed by atoms with Crippen LogP contribution in [-0.4, -0.2) is 10.9 Å². The Morgan fingerprint density at radius 3 is 2.67 bits per heavy atom. The van der Waals surface area contributed by atoms with Crippen LogP contribution in [-0.2, 0) is 17.8 Å². The van der Waals surface area contributed by atoms with Gasteiger partial charge in [0.2, 0.25) is 5.91 Å². The Hall–Kier alpha value is -2.59. The summed E-state index contributed by atoms with van der Waals surface area (Å²) in [6, 6.07) is 16.9. The minimum atomic E-state index is -0.0231. The predicted molar refractivity (Wildman–Crippen MR) is 93.6 cm³/mol. The van der Waals surface area contributed by atoms with Gasteiger partial charge in [0.1, 0.15) is 11.5 Å². The van der Waals surface area contributed by atoms with Gasteiger partial charge in [-0.15, -0.1) is 0 Å². The fourth-order valence-electron chi connectivity index (χ4n) is 2.30. The number of halogens is 1. The van der Waals surface area contributed by atoms with Gasteiger partial charge in [-0.3, -0.25) is 9.78 Å². The molecule has 0 atom stereocenters. The number of hydrogen-bond acceptors (Lipinski definition) is 3. The summed E-state index contributed by atoms with van der Waals surface area (Å²) >= 11 is 5.88. The topological polar surface area (TPSA) is 55.1 Å². The van der Waals surface area contributed by atoms with Crippen molar-refractivity contribution in [2.45, 2.75) is 19.4 Å². The van der Waals surface area contributed by atoms with E-state index < -0.39 is 0 Å². The number of pyridine rings is 1. The van der Waals surface area contributed by atoms with Gasteiger partial charge in [0.05, 0.1) is 12.2 Å². The molecule has 0 fully saturated rings. The molecule has 0 aliphatic rings. The number of carbonyl (C=O) groups excluding carboxylic acids is 1. The summed E-state index contributed by atoms with van der Waals surface area (Å²) in [4.78, 5) is 16.1. The average molecular weight is 341 g/mol. The molecule has 3 rings (SSSR count). The first-order chi connectivity index (χ1) is 11.7. The monoisotopic (exact) mass is 340 g/mol. The van der Waals surface area contributed by atoms with Crippen LogP contribution in [0.4, 0.5) is 0 Å². The second-order valence-electron chi connectivity index (χ2n) is 5.37. The molecule has 0 aliphatic carbocycles. The summed E-state index contributed by atoms with van der Waals surface area (Å²) in [6.07, 6.45) is 2.64. The molecule has 0 radical (unpaired) electrons. The van der Waals surface area contributed by atoms with Gasteiger partial charge in [-0.25, -0.2) is 0 Å². The molecule has 2 heterocycles. The Bertz CT molecular complexity index is 798. The van der Waals surface area contributed by atoms with Crippen LogP contribution >= 0.6 is 11.6 Å². The van der Waals surface area contributed by atoms with Gasteiger partial charge in [0, 0.05) is 29.6 Å². The maximum Gasteiger partial charge on any atom is 0.220 e. The number of amides is 1. The lowest BCUT2D eigenvalue weighted by Gasteiger charge is -2.03. The Morgan fingerprint density at radius 1 is 1.08 bits per heavy atom. The summed E-state index contributed by atoms with van der Waals surface area (Å²) in [7, 11) is 0. The molecular weight excluding hydrogens is 324 g/mol. The molecule has 0 bridgehead atoms. The second-order valence-corrected chi connectivity index (χ2v) is 5.81. The van der Waals surface area contributed by atoms with E-state index in [2.05, 4.69) is 10.3 Å². The van der Waals surface area contributed by atoms with Crippen molar-refractivity contribution in [3.05, 3.63) is 77.3 Å². The minimum absolute atomic E-state index is 0.0231. The highest BCUT2D eigenvalue weighted by molar-refractivity contribution is 6.30. The van der Waals surface area contributed by atoms with Gasteiger partial charge >= 0.3 is 0 Å². The van der Waals surface area contributed by atoms with Crippen LogP contribution in [0.3, 0.4) is 0 Å². The van der Waals surface area contributed by atoms with Crippen LogP contribution in [0.15, 0.2) is 65.2 Å². The van der Waals surface area contributed by atoms with Crippen molar-refractivity contribution in [2.75, 3.05) is 0 Å². The zero-order chi connectivity index (χ0) is 16.8. The van der Waals surface area contributed by atoms with Crippen molar-refractivity contribution >= 4 is 17.5 Å². The van der Waals surface area contributed by atoms with E-state index in [0.717, 1.165) is 22.8 Å². The molecule has 0 aliphatic heterocycles. The maximum absolute atomic E-state index is 11.9. The smallest absolute Gasteiger partial charge is 0.220 e. The van der Waals surface area contributed by atoms with Crippen molar-refractivity contribution < 1.29 is 9.21 Å². The van der Waals surface area contributed by atoms with Gasteiger partial charge in [0.15, 0.2) is 0 Å². The standard InChI is InChI=1S/C19H17ClN2O2/c20-15-6-4-14(5-7-15)18-10-8-17(24-18)9-11-19(23)22-13-16-3-1-2-12-21-16/h1-8,10,12H,9,11,13H2,(H,22,23). The molecule has 1 N–H and O–H groups in total. The molecular formula is C19H17ClN2O2. The largest absolute Gasteiger partial charge is 0.461 e. The average Bonchev–Trinajstić information content (AvgIpc) is 3.09. The minimum Gasteiger partial charge on any atom is -0.461 e. The Morgan fingerprint density at radius 2 is 1.92 bits per heavy atom. The molecule has 122 valence electrons. The van der Waals surface area contributed by atoms with Gasteiger partial charge in [-0.2, -0.15) is 0 Å². The fourth-order valence-corrected chi connectivity index (χ4v) is 2.42. The van der Waals surface area contributed by atoms with Crippen molar-refractivity contribution in [2.24, 2.45) is 0 Å². The fraction of sp³-hybridized carbons (Fsp3) is 0.158. The van der Waals surface area contributed by atoms with E-state index in [1.807, 2.05) is 54.6 Å². The molecule has 4 nitrogen and oxygen atoms in total. The lowest BCUT2D eigenvalue weighted by atomic mass is 10.2. The first-order valence-electron chi connectivity index (χ1n) is 7.72. The lowest BCUT2D eigenvalue weighted by Crippen LogP contribution is -2.23. The Labute approximate surface area is 145 Å². The van der Waals surface area contributed by atoms with E-state index in [-0.39, 0.29) is 5.91 Å². The highest BCUT2D eigenvalue weighted by Crippen LogP contribution is 2.24. The van der Waals surface area contributed by atoms with Gasteiger partial charge in [-0.05, 0) is 48.5 Å². The first-order valence-corrected chi connectivity index (χ1v) is 8.10. The molecule has 24 heavy (non-hydrogen) atoms. The quantitative estimate of drug-likeness (QED) is 0.730. The molecule has 1 amide bonds. The van der Waals surface area contributed by atoms with Gasteiger partial charge < -0.3 is 9.73 Å². The van der Waals surface area contributed by atoms with E-state index in [0.29, 0.717) is 24.4 Å². The molecule has 0 spiro atoms. The van der Waals surface area contributed by atoms with Crippen molar-refractivity contribution in [1.29, 1.82) is 0 Å². The number of nitrogens with zero attached hydrogens (tertiary/aromatic N) is 1. The van der Waals surface area contributed by atoms with Crippen LogP contribution < -0.4 is 5.32 Å². The van der Waals surface area contributed by atoms with Gasteiger partial charge in [-0.1, -0.05) is 17.7 Å². The summed E-state index contributed by atoms with van der Waals surface area (Å²) in [6.45, 7) is 0.438. The number of hydrogen-bond donors (Lipinski definition) is 1. The number of nitrogens with one attached hydrogen (secondary N) is 1. The number of rotatable bonds is 6. The Kier molecular flexibility index (Phi) is 5.29. The lowest BCUT2D eigenvalue weighted by molar-refractivity contribution is -0.121. The zero-order valence-corrected chi connectivity index (χ0v) is 13.8. The molecule has 2 aromatic heterocycles. The third-order valence-electron chi connectivity index (χ3n) is 3.58. The SMILES string of the molecule is O=C(CCc1ccc(-c2ccc(Cl)cc2)o1)NCc1ccccn1. The van der Waals surface area contributed by atoms with Crippen LogP contribution in [0.1, 0.15) is 17.9 Å². The van der Waals surface area contributed by atoms with E-state index >= 15 is 0 Å². The van der Waals surface area contributed by atoms with Crippen molar-refractivity contribution in [3.8, 4) is 11.3 Å². The number of aryl methyl sites for hydroxylation is 1. The highest BCUT2D eigenvalue weighted by atomic mass is 35.5. The molecule has 5 heteroatoms. The number of benzene rings is 1. The first kappa shape index (κ1) is 16.3. The van der Waals surface area contributed by atoms with Crippen LogP contribution in [0.5, 0.6) is 0 Å². The van der Waals surface area contributed by atoms with Crippen molar-refractivity contribution in [1.82, 2.24) is 10.3 Å². The van der Waals surface area contributed by atoms with Crippen molar-refractivity contribution in [3.63, 3.8) is 0 Å². The summed E-state index contributed by atoms with van der Waals surface area (Å²) in [5.41, 5.74) is 1.80. The Balaban J connectivity index is 1.50. The van der Waals surface area contributed by atoms with E-state index in [9.17, 15) is 4.79 Å². The molecule has 0 unspecified atom stereocenters. The van der Waals surface area contributed by atoms with Crippen LogP contribution in [0.2, 0.25) is 5.02 Å². The van der Waals surface area contributed by atoms with E-state index in [1.54, 1.807) is 6.20 Å². The summed E-state index contributed by atoms with van der Waals surface area (Å²) < 4.78 is 5.79. The third kappa shape index (κ3) is 4.46. The molecule has 0 saturated carbocycles. The summed E-state index contributed by atoms with van der Waals surface area (Å²) in [5.74, 6) is 1.54. The predicted octanol–water partition coefficient (Wildman–Crippen LogP) is 4.24.